The van der Waals surface area contributed by atoms with Crippen molar-refractivity contribution >= 4 is 6.29 Å². The fraction of sp³-hybridized carbons (Fsp3) is 0.643. The predicted molar refractivity (Wildman–Crippen MR) is 65.6 cm³/mol. The van der Waals surface area contributed by atoms with Gasteiger partial charge in [-0.2, -0.15) is 0 Å². The highest BCUT2D eigenvalue weighted by Gasteiger charge is 2.27. The fourth-order valence-corrected chi connectivity index (χ4v) is 2.28. The van der Waals surface area contributed by atoms with E-state index >= 15 is 0 Å². The first-order valence-corrected chi connectivity index (χ1v) is 6.19. The van der Waals surface area contributed by atoms with E-state index in [1.165, 1.54) is 0 Å². The SMILES string of the molecule is CC(C)(C)c1oc(C2CCOCC2)cc1C=O. The number of hydrogen-bond acceptors (Lipinski definition) is 3. The average molecular weight is 236 g/mol. The summed E-state index contributed by atoms with van der Waals surface area (Å²) in [6, 6.07) is 1.91. The minimum Gasteiger partial charge on any atom is -0.464 e. The van der Waals surface area contributed by atoms with E-state index in [0.717, 1.165) is 43.9 Å². The Bertz CT molecular complexity index is 392. The standard InChI is InChI=1S/C14H20O3/c1-14(2,3)13-11(9-15)8-12(17-13)10-4-6-16-7-5-10/h8-10H,4-7H2,1-3H3. The van der Waals surface area contributed by atoms with Crippen LogP contribution in [-0.4, -0.2) is 19.5 Å². The minimum absolute atomic E-state index is 0.125. The zero-order valence-corrected chi connectivity index (χ0v) is 10.8. The maximum atomic E-state index is 11.1. The molecule has 0 atom stereocenters. The van der Waals surface area contributed by atoms with Gasteiger partial charge in [0.2, 0.25) is 0 Å². The molecule has 0 spiro atoms. The van der Waals surface area contributed by atoms with Crippen LogP contribution in [0, 0.1) is 0 Å². The molecule has 0 saturated carbocycles. The average Bonchev–Trinajstić information content (AvgIpc) is 2.74. The van der Waals surface area contributed by atoms with Crippen LogP contribution in [0.3, 0.4) is 0 Å². The highest BCUT2D eigenvalue weighted by Crippen LogP contribution is 2.34. The number of ether oxygens (including phenoxy) is 1. The molecule has 1 aromatic heterocycles. The van der Waals surface area contributed by atoms with Gasteiger partial charge in [0.15, 0.2) is 6.29 Å². The smallest absolute Gasteiger partial charge is 0.153 e. The molecule has 94 valence electrons. The van der Waals surface area contributed by atoms with Crippen LogP contribution in [0.1, 0.15) is 61.4 Å². The molecule has 0 bridgehead atoms. The van der Waals surface area contributed by atoms with Crippen LogP contribution in [-0.2, 0) is 10.2 Å². The van der Waals surface area contributed by atoms with Crippen LogP contribution in [0.2, 0.25) is 0 Å². The lowest BCUT2D eigenvalue weighted by Crippen LogP contribution is -2.14. The lowest BCUT2D eigenvalue weighted by Gasteiger charge is -2.20. The summed E-state index contributed by atoms with van der Waals surface area (Å²) in [7, 11) is 0. The van der Waals surface area contributed by atoms with Crippen molar-refractivity contribution in [3.63, 3.8) is 0 Å². The summed E-state index contributed by atoms with van der Waals surface area (Å²) in [5.41, 5.74) is 0.568. The van der Waals surface area contributed by atoms with Gasteiger partial charge in [0.05, 0.1) is 5.56 Å². The predicted octanol–water partition coefficient (Wildman–Crippen LogP) is 3.28. The Hall–Kier alpha value is -1.09. The number of aldehydes is 1. The third-order valence-electron chi connectivity index (χ3n) is 3.21. The molecular weight excluding hydrogens is 216 g/mol. The van der Waals surface area contributed by atoms with E-state index in [2.05, 4.69) is 20.8 Å². The quantitative estimate of drug-likeness (QED) is 0.740. The van der Waals surface area contributed by atoms with Crippen molar-refractivity contribution in [1.82, 2.24) is 0 Å². The molecule has 2 rings (SSSR count). The van der Waals surface area contributed by atoms with E-state index < -0.39 is 0 Å². The largest absolute Gasteiger partial charge is 0.464 e. The van der Waals surface area contributed by atoms with Gasteiger partial charge in [-0.1, -0.05) is 20.8 Å². The second-order valence-electron chi connectivity index (χ2n) is 5.69. The number of rotatable bonds is 2. The summed E-state index contributed by atoms with van der Waals surface area (Å²) in [5, 5.41) is 0. The summed E-state index contributed by atoms with van der Waals surface area (Å²) < 4.78 is 11.3. The van der Waals surface area contributed by atoms with Gasteiger partial charge in [0.1, 0.15) is 11.5 Å². The first kappa shape index (κ1) is 12.4. The van der Waals surface area contributed by atoms with Gasteiger partial charge in [-0.05, 0) is 18.9 Å². The Morgan fingerprint density at radius 3 is 2.41 bits per heavy atom. The Morgan fingerprint density at radius 1 is 1.29 bits per heavy atom. The molecule has 0 unspecified atom stereocenters. The van der Waals surface area contributed by atoms with Gasteiger partial charge in [-0.15, -0.1) is 0 Å². The van der Waals surface area contributed by atoms with Gasteiger partial charge in [-0.25, -0.2) is 0 Å². The molecule has 1 saturated heterocycles. The Labute approximate surface area is 102 Å². The normalized spacial score (nSPS) is 18.3. The lowest BCUT2D eigenvalue weighted by atomic mass is 9.91. The fourth-order valence-electron chi connectivity index (χ4n) is 2.28. The summed E-state index contributed by atoms with van der Waals surface area (Å²) >= 11 is 0. The van der Waals surface area contributed by atoms with E-state index in [1.807, 2.05) is 6.07 Å². The van der Waals surface area contributed by atoms with E-state index in [-0.39, 0.29) is 5.41 Å². The molecule has 0 aliphatic carbocycles. The zero-order valence-electron chi connectivity index (χ0n) is 10.8. The van der Waals surface area contributed by atoms with Gasteiger partial charge in [-0.3, -0.25) is 4.79 Å². The van der Waals surface area contributed by atoms with E-state index in [9.17, 15) is 4.79 Å². The highest BCUT2D eigenvalue weighted by molar-refractivity contribution is 5.77. The van der Waals surface area contributed by atoms with E-state index in [4.69, 9.17) is 9.15 Å². The Balaban J connectivity index is 2.30. The Morgan fingerprint density at radius 2 is 1.94 bits per heavy atom. The molecule has 1 aliphatic rings. The molecule has 17 heavy (non-hydrogen) atoms. The number of hydrogen-bond donors (Lipinski definition) is 0. The second kappa shape index (κ2) is 4.65. The van der Waals surface area contributed by atoms with E-state index in [0.29, 0.717) is 11.5 Å². The topological polar surface area (TPSA) is 39.4 Å². The van der Waals surface area contributed by atoms with Crippen molar-refractivity contribution in [2.75, 3.05) is 13.2 Å². The molecule has 0 N–H and O–H groups in total. The number of carbonyl (C=O) groups is 1. The number of carbonyl (C=O) groups excluding carboxylic acids is 1. The molecule has 2 heterocycles. The minimum atomic E-state index is -0.125. The molecule has 0 radical (unpaired) electrons. The van der Waals surface area contributed by atoms with Crippen molar-refractivity contribution in [3.05, 3.63) is 23.2 Å². The number of furan rings is 1. The van der Waals surface area contributed by atoms with Crippen molar-refractivity contribution in [2.24, 2.45) is 0 Å². The molecule has 0 aromatic carbocycles. The Kier molecular flexibility index (Phi) is 3.38. The highest BCUT2D eigenvalue weighted by atomic mass is 16.5. The summed E-state index contributed by atoms with van der Waals surface area (Å²) in [5.74, 6) is 2.15. The summed E-state index contributed by atoms with van der Waals surface area (Å²) in [6.07, 6.45) is 2.86. The van der Waals surface area contributed by atoms with Gasteiger partial charge in [0, 0.05) is 24.5 Å². The molecule has 3 nitrogen and oxygen atoms in total. The van der Waals surface area contributed by atoms with Crippen LogP contribution in [0.5, 0.6) is 0 Å². The molecule has 1 aromatic rings. The van der Waals surface area contributed by atoms with Crippen LogP contribution in [0.4, 0.5) is 0 Å². The van der Waals surface area contributed by atoms with Crippen molar-refractivity contribution in [2.45, 2.75) is 44.9 Å². The lowest BCUT2D eigenvalue weighted by molar-refractivity contribution is 0.0801. The summed E-state index contributed by atoms with van der Waals surface area (Å²) in [4.78, 5) is 11.1. The van der Waals surface area contributed by atoms with Crippen molar-refractivity contribution < 1.29 is 13.9 Å². The molecule has 0 amide bonds. The van der Waals surface area contributed by atoms with Crippen LogP contribution >= 0.6 is 0 Å². The van der Waals surface area contributed by atoms with Crippen LogP contribution < -0.4 is 0 Å². The monoisotopic (exact) mass is 236 g/mol. The first-order chi connectivity index (χ1) is 8.02. The van der Waals surface area contributed by atoms with E-state index in [1.54, 1.807) is 0 Å². The third-order valence-corrected chi connectivity index (χ3v) is 3.21. The third kappa shape index (κ3) is 2.60. The molecule has 1 fully saturated rings. The van der Waals surface area contributed by atoms with Crippen LogP contribution in [0.15, 0.2) is 10.5 Å². The maximum absolute atomic E-state index is 11.1. The van der Waals surface area contributed by atoms with Crippen LogP contribution in [0.25, 0.3) is 0 Å². The van der Waals surface area contributed by atoms with Crippen molar-refractivity contribution in [1.29, 1.82) is 0 Å². The summed E-state index contributed by atoms with van der Waals surface area (Å²) in [6.45, 7) is 7.76. The van der Waals surface area contributed by atoms with Crippen molar-refractivity contribution in [3.8, 4) is 0 Å². The van der Waals surface area contributed by atoms with Gasteiger partial charge >= 0.3 is 0 Å². The first-order valence-electron chi connectivity index (χ1n) is 6.19. The van der Waals surface area contributed by atoms with Gasteiger partial charge < -0.3 is 9.15 Å². The molecule has 1 aliphatic heterocycles. The zero-order chi connectivity index (χ0) is 12.5. The second-order valence-corrected chi connectivity index (χ2v) is 5.69. The molecular formula is C14H20O3. The van der Waals surface area contributed by atoms with Gasteiger partial charge in [0.25, 0.3) is 0 Å². The maximum Gasteiger partial charge on any atom is 0.153 e. The molecule has 3 heteroatoms.